The lowest BCUT2D eigenvalue weighted by Crippen LogP contribution is -2.30. The van der Waals surface area contributed by atoms with Crippen molar-refractivity contribution in [1.82, 2.24) is 9.78 Å². The first-order chi connectivity index (χ1) is 7.52. The Morgan fingerprint density at radius 2 is 2.31 bits per heavy atom. The third-order valence-corrected chi connectivity index (χ3v) is 2.81. The molecule has 2 heterocycles. The van der Waals surface area contributed by atoms with Gasteiger partial charge in [-0.15, -0.1) is 0 Å². The Kier molecular flexibility index (Phi) is 2.46. The number of aromatic nitrogens is 2. The van der Waals surface area contributed by atoms with Crippen LogP contribution in [0.15, 0.2) is 23.5 Å². The van der Waals surface area contributed by atoms with E-state index in [0.29, 0.717) is 11.3 Å². The Morgan fingerprint density at radius 1 is 1.62 bits per heavy atom. The Bertz CT molecular complexity index is 460. The second-order valence-corrected chi connectivity index (χ2v) is 4.32. The fourth-order valence-corrected chi connectivity index (χ4v) is 2.14. The van der Waals surface area contributed by atoms with Crippen LogP contribution in [-0.2, 0) is 4.79 Å². The molecule has 86 valence electrons. The monoisotopic (exact) mass is 221 g/mol. The van der Waals surface area contributed by atoms with Crippen LogP contribution >= 0.6 is 0 Å². The number of carboxylic acid groups (broad SMARTS) is 1. The third-order valence-electron chi connectivity index (χ3n) is 2.81. The first-order valence-electron chi connectivity index (χ1n) is 5.27. The minimum atomic E-state index is -0.884. The number of fused-ring (bicyclic) bond motifs is 1. The molecule has 1 aromatic rings. The second-order valence-electron chi connectivity index (χ2n) is 4.32. The summed E-state index contributed by atoms with van der Waals surface area (Å²) in [5.41, 5.74) is 1.09. The van der Waals surface area contributed by atoms with Crippen LogP contribution in [0.25, 0.3) is 0 Å². The summed E-state index contributed by atoms with van der Waals surface area (Å²) >= 11 is 0. The molecule has 0 aliphatic carbocycles. The summed E-state index contributed by atoms with van der Waals surface area (Å²) in [4.78, 5) is 11.3. The molecule has 1 atom stereocenters. The molecule has 0 saturated heterocycles. The molecule has 0 saturated carbocycles. The van der Waals surface area contributed by atoms with E-state index in [1.54, 1.807) is 17.8 Å². The third kappa shape index (κ3) is 1.48. The van der Waals surface area contributed by atoms with Crippen LogP contribution in [0.4, 0.5) is 5.82 Å². The first-order valence-corrected chi connectivity index (χ1v) is 5.27. The lowest BCUT2D eigenvalue weighted by molar-refractivity contribution is -0.133. The number of hydrogen-bond donors (Lipinski definition) is 2. The van der Waals surface area contributed by atoms with Gasteiger partial charge in [-0.3, -0.25) is 0 Å². The predicted molar refractivity (Wildman–Crippen MR) is 60.1 cm³/mol. The topological polar surface area (TPSA) is 67.1 Å². The number of allylic oxidation sites excluding steroid dienone is 1. The fraction of sp³-hybridized carbons (Fsp3) is 0.455. The molecule has 5 nitrogen and oxygen atoms in total. The molecule has 0 amide bonds. The van der Waals surface area contributed by atoms with Crippen LogP contribution in [-0.4, -0.2) is 20.9 Å². The zero-order chi connectivity index (χ0) is 11.9. The molecule has 0 fully saturated rings. The van der Waals surface area contributed by atoms with Gasteiger partial charge in [-0.2, -0.15) is 5.10 Å². The molecule has 0 bridgehead atoms. The summed E-state index contributed by atoms with van der Waals surface area (Å²) in [6, 6.07) is 1.64. The number of nitrogens with zero attached hydrogens (tertiary/aromatic N) is 2. The largest absolute Gasteiger partial charge is 0.478 e. The number of carboxylic acids is 1. The number of aliphatic carboxylic acids is 1. The number of nitrogens with one attached hydrogen (secondary N) is 1. The quantitative estimate of drug-likeness (QED) is 0.800. The van der Waals surface area contributed by atoms with E-state index in [1.807, 2.05) is 19.9 Å². The maximum atomic E-state index is 11.3. The smallest absolute Gasteiger partial charge is 0.335 e. The van der Waals surface area contributed by atoms with Crippen LogP contribution in [0, 0.1) is 5.92 Å². The van der Waals surface area contributed by atoms with E-state index in [4.69, 9.17) is 0 Å². The average Bonchev–Trinajstić information content (AvgIpc) is 2.61. The van der Waals surface area contributed by atoms with Gasteiger partial charge in [0, 0.05) is 11.8 Å². The zero-order valence-corrected chi connectivity index (χ0v) is 9.56. The molecule has 0 aromatic carbocycles. The van der Waals surface area contributed by atoms with E-state index in [1.165, 1.54) is 0 Å². The van der Waals surface area contributed by atoms with Gasteiger partial charge < -0.3 is 10.4 Å². The van der Waals surface area contributed by atoms with Gasteiger partial charge in [0.1, 0.15) is 5.82 Å². The van der Waals surface area contributed by atoms with Gasteiger partial charge in [-0.25, -0.2) is 9.48 Å². The van der Waals surface area contributed by atoms with E-state index in [9.17, 15) is 9.90 Å². The molecule has 1 aliphatic rings. The summed E-state index contributed by atoms with van der Waals surface area (Å²) in [5.74, 6) is 0.146. The highest BCUT2D eigenvalue weighted by Gasteiger charge is 2.32. The van der Waals surface area contributed by atoms with Crippen molar-refractivity contribution in [3.8, 4) is 0 Å². The van der Waals surface area contributed by atoms with Crippen molar-refractivity contribution in [2.45, 2.75) is 26.8 Å². The van der Waals surface area contributed by atoms with Crippen molar-refractivity contribution < 1.29 is 9.90 Å². The fourth-order valence-electron chi connectivity index (χ4n) is 2.14. The molecular weight excluding hydrogens is 206 g/mol. The second kappa shape index (κ2) is 3.66. The highest BCUT2D eigenvalue weighted by Crippen LogP contribution is 2.35. The van der Waals surface area contributed by atoms with E-state index in [-0.39, 0.29) is 12.0 Å². The standard InChI is InChI=1S/C11H15N3O2/c1-6(2)10-9(11(15)16)7(3)13-8-4-5-12-14(8)10/h4-6,10,13H,1-3H3,(H,15,16). The van der Waals surface area contributed by atoms with Gasteiger partial charge in [-0.1, -0.05) is 13.8 Å². The maximum absolute atomic E-state index is 11.3. The minimum absolute atomic E-state index is 0.182. The molecule has 2 rings (SSSR count). The van der Waals surface area contributed by atoms with Crippen LogP contribution in [0.3, 0.4) is 0 Å². The van der Waals surface area contributed by atoms with Gasteiger partial charge >= 0.3 is 5.97 Å². The first kappa shape index (κ1) is 10.7. The van der Waals surface area contributed by atoms with Crippen molar-refractivity contribution in [3.05, 3.63) is 23.5 Å². The summed E-state index contributed by atoms with van der Waals surface area (Å²) in [7, 11) is 0. The zero-order valence-electron chi connectivity index (χ0n) is 9.56. The summed E-state index contributed by atoms with van der Waals surface area (Å²) < 4.78 is 1.74. The lowest BCUT2D eigenvalue weighted by atomic mass is 9.93. The van der Waals surface area contributed by atoms with Crippen molar-refractivity contribution in [2.24, 2.45) is 5.92 Å². The van der Waals surface area contributed by atoms with E-state index >= 15 is 0 Å². The Hall–Kier alpha value is -1.78. The molecule has 1 aliphatic heterocycles. The number of rotatable bonds is 2. The molecule has 16 heavy (non-hydrogen) atoms. The van der Waals surface area contributed by atoms with Crippen LogP contribution in [0.5, 0.6) is 0 Å². The van der Waals surface area contributed by atoms with Crippen LogP contribution < -0.4 is 5.32 Å². The molecule has 0 radical (unpaired) electrons. The molecule has 2 N–H and O–H groups in total. The molecule has 5 heteroatoms. The van der Waals surface area contributed by atoms with E-state index < -0.39 is 5.97 Å². The minimum Gasteiger partial charge on any atom is -0.478 e. The van der Waals surface area contributed by atoms with Crippen molar-refractivity contribution >= 4 is 11.8 Å². The molecule has 1 unspecified atom stereocenters. The predicted octanol–water partition coefficient (Wildman–Crippen LogP) is 1.86. The van der Waals surface area contributed by atoms with Gasteiger partial charge in [0.2, 0.25) is 0 Å². The van der Waals surface area contributed by atoms with Gasteiger partial charge in [0.25, 0.3) is 0 Å². The molecular formula is C11H15N3O2. The maximum Gasteiger partial charge on any atom is 0.335 e. The Labute approximate surface area is 93.8 Å². The Balaban J connectivity index is 2.55. The average molecular weight is 221 g/mol. The lowest BCUT2D eigenvalue weighted by Gasteiger charge is -2.30. The van der Waals surface area contributed by atoms with Gasteiger partial charge in [-0.05, 0) is 12.8 Å². The highest BCUT2D eigenvalue weighted by atomic mass is 16.4. The van der Waals surface area contributed by atoms with Crippen molar-refractivity contribution in [1.29, 1.82) is 0 Å². The van der Waals surface area contributed by atoms with Crippen molar-refractivity contribution in [2.75, 3.05) is 5.32 Å². The summed E-state index contributed by atoms with van der Waals surface area (Å²) in [6.45, 7) is 5.78. The molecule has 0 spiro atoms. The summed E-state index contributed by atoms with van der Waals surface area (Å²) in [5, 5.41) is 16.5. The van der Waals surface area contributed by atoms with E-state index in [0.717, 1.165) is 5.82 Å². The van der Waals surface area contributed by atoms with Crippen LogP contribution in [0.2, 0.25) is 0 Å². The number of carbonyl (C=O) groups is 1. The number of hydrogen-bond acceptors (Lipinski definition) is 3. The molecule has 1 aromatic heterocycles. The summed E-state index contributed by atoms with van der Waals surface area (Å²) in [6.07, 6.45) is 1.68. The van der Waals surface area contributed by atoms with E-state index in [2.05, 4.69) is 10.4 Å². The van der Waals surface area contributed by atoms with Crippen LogP contribution in [0.1, 0.15) is 26.8 Å². The SMILES string of the molecule is CC1=C(C(=O)O)C(C(C)C)n2nccc2N1. The normalized spacial score (nSPS) is 19.6. The van der Waals surface area contributed by atoms with Crippen molar-refractivity contribution in [3.63, 3.8) is 0 Å². The number of anilines is 1. The highest BCUT2D eigenvalue weighted by molar-refractivity contribution is 5.90. The van der Waals surface area contributed by atoms with Gasteiger partial charge in [0.05, 0.1) is 17.8 Å². The van der Waals surface area contributed by atoms with Gasteiger partial charge in [0.15, 0.2) is 0 Å². The Morgan fingerprint density at radius 3 is 2.88 bits per heavy atom.